The number of rotatable bonds is 5. The summed E-state index contributed by atoms with van der Waals surface area (Å²) in [5, 5.41) is 3.89. The molecule has 2 aliphatic rings. The molecule has 1 saturated carbocycles. The summed E-state index contributed by atoms with van der Waals surface area (Å²) >= 11 is 5.77. The predicted molar refractivity (Wildman–Crippen MR) is 88.2 cm³/mol. The average Bonchev–Trinajstić information content (AvgIpc) is 2.53. The van der Waals surface area contributed by atoms with Crippen molar-refractivity contribution in [1.82, 2.24) is 10.2 Å². The van der Waals surface area contributed by atoms with Crippen molar-refractivity contribution in [3.05, 3.63) is 11.6 Å². The molecule has 0 radical (unpaired) electrons. The highest BCUT2D eigenvalue weighted by Crippen LogP contribution is 2.33. The number of nitrogens with zero attached hydrogens (tertiary/aromatic N) is 1. The van der Waals surface area contributed by atoms with Crippen LogP contribution in [0.25, 0.3) is 0 Å². The van der Waals surface area contributed by atoms with Crippen molar-refractivity contribution in [2.24, 2.45) is 5.92 Å². The molecule has 2 fully saturated rings. The Morgan fingerprint density at radius 3 is 2.50 bits per heavy atom. The maximum atomic E-state index is 5.77. The summed E-state index contributed by atoms with van der Waals surface area (Å²) in [6.45, 7) is 7.96. The largest absolute Gasteiger partial charge is 0.308 e. The first-order chi connectivity index (χ1) is 9.74. The van der Waals surface area contributed by atoms with Crippen molar-refractivity contribution in [2.45, 2.75) is 70.4 Å². The molecule has 2 nitrogen and oxygen atoms in total. The van der Waals surface area contributed by atoms with E-state index in [9.17, 15) is 0 Å². The quantitative estimate of drug-likeness (QED) is 0.820. The highest BCUT2D eigenvalue weighted by Gasteiger charge is 2.39. The summed E-state index contributed by atoms with van der Waals surface area (Å²) in [5.74, 6) is 0.881. The lowest BCUT2D eigenvalue weighted by atomic mass is 9.79. The van der Waals surface area contributed by atoms with Crippen molar-refractivity contribution < 1.29 is 0 Å². The van der Waals surface area contributed by atoms with E-state index in [0.29, 0.717) is 11.6 Å². The highest BCUT2D eigenvalue weighted by atomic mass is 35.5. The highest BCUT2D eigenvalue weighted by molar-refractivity contribution is 6.25. The molecule has 0 aromatic heterocycles. The number of nitrogens with one attached hydrogen (secondary N) is 1. The molecule has 0 bridgehead atoms. The van der Waals surface area contributed by atoms with Gasteiger partial charge in [-0.05, 0) is 31.6 Å². The number of hydrogen-bond acceptors (Lipinski definition) is 2. The van der Waals surface area contributed by atoms with E-state index in [1.807, 2.05) is 0 Å². The van der Waals surface area contributed by atoms with E-state index in [0.717, 1.165) is 19.0 Å². The third kappa shape index (κ3) is 3.78. The molecule has 1 N–H and O–H groups in total. The molecule has 116 valence electrons. The molecular weight excluding hydrogens is 268 g/mol. The third-order valence-electron chi connectivity index (χ3n) is 5.64. The maximum absolute atomic E-state index is 5.77. The van der Waals surface area contributed by atoms with Crippen LogP contribution in [0, 0.1) is 5.92 Å². The van der Waals surface area contributed by atoms with E-state index >= 15 is 0 Å². The minimum Gasteiger partial charge on any atom is -0.308 e. The zero-order valence-electron chi connectivity index (χ0n) is 13.2. The fraction of sp³-hybridized carbons (Fsp3) is 0.882. The van der Waals surface area contributed by atoms with Gasteiger partial charge in [-0.15, -0.1) is 0 Å². The summed E-state index contributed by atoms with van der Waals surface area (Å²) in [4.78, 5) is 2.69. The van der Waals surface area contributed by atoms with E-state index in [1.165, 1.54) is 51.5 Å². The van der Waals surface area contributed by atoms with Crippen LogP contribution in [0.5, 0.6) is 0 Å². The van der Waals surface area contributed by atoms with Gasteiger partial charge in [-0.25, -0.2) is 0 Å². The Morgan fingerprint density at radius 2 is 1.90 bits per heavy atom. The molecule has 0 aromatic carbocycles. The second kappa shape index (κ2) is 7.82. The smallest absolute Gasteiger partial charge is 0.0304 e. The number of piperazine rings is 1. The molecule has 1 aliphatic heterocycles. The van der Waals surface area contributed by atoms with Crippen LogP contribution >= 0.6 is 11.6 Å². The monoisotopic (exact) mass is 298 g/mol. The Hall–Kier alpha value is -0.0500. The molecule has 1 saturated heterocycles. The van der Waals surface area contributed by atoms with E-state index in [2.05, 4.69) is 30.1 Å². The van der Waals surface area contributed by atoms with Gasteiger partial charge in [0.15, 0.2) is 0 Å². The standard InChI is InChI=1S/C17H31ClN2/c1-3-17(4-2)14-20(12-8-11-18)16(13-19-17)15-9-6-5-7-10-15/h8,11,15-16,19H,3-7,9-10,12-14H2,1-2H3/b11-8+. The number of halogens is 1. The molecule has 1 heterocycles. The first-order valence-electron chi connectivity index (χ1n) is 8.49. The minimum atomic E-state index is 0.311. The van der Waals surface area contributed by atoms with Crippen molar-refractivity contribution in [3.8, 4) is 0 Å². The summed E-state index contributed by atoms with van der Waals surface area (Å²) in [6.07, 6.45) is 11.6. The van der Waals surface area contributed by atoms with E-state index in [4.69, 9.17) is 11.6 Å². The first kappa shape index (κ1) is 16.3. The van der Waals surface area contributed by atoms with Crippen molar-refractivity contribution in [2.75, 3.05) is 19.6 Å². The Morgan fingerprint density at radius 1 is 1.20 bits per heavy atom. The van der Waals surface area contributed by atoms with Crippen molar-refractivity contribution in [1.29, 1.82) is 0 Å². The second-order valence-electron chi connectivity index (χ2n) is 6.62. The first-order valence-corrected chi connectivity index (χ1v) is 8.92. The van der Waals surface area contributed by atoms with Crippen LogP contribution in [0.2, 0.25) is 0 Å². The van der Waals surface area contributed by atoms with Crippen molar-refractivity contribution in [3.63, 3.8) is 0 Å². The van der Waals surface area contributed by atoms with Crippen LogP contribution < -0.4 is 5.32 Å². The summed E-state index contributed by atoms with van der Waals surface area (Å²) < 4.78 is 0. The van der Waals surface area contributed by atoms with Gasteiger partial charge in [0.05, 0.1) is 0 Å². The Bertz CT molecular complexity index is 306. The third-order valence-corrected chi connectivity index (χ3v) is 5.82. The topological polar surface area (TPSA) is 15.3 Å². The summed E-state index contributed by atoms with van der Waals surface area (Å²) in [7, 11) is 0. The molecule has 1 aliphatic carbocycles. The summed E-state index contributed by atoms with van der Waals surface area (Å²) in [5.41, 5.74) is 1.99. The normalized spacial score (nSPS) is 29.1. The van der Waals surface area contributed by atoms with E-state index in [-0.39, 0.29) is 0 Å². The molecular formula is C17H31ClN2. The van der Waals surface area contributed by atoms with E-state index in [1.54, 1.807) is 5.54 Å². The zero-order chi connectivity index (χ0) is 14.4. The molecule has 3 heteroatoms. The molecule has 1 atom stereocenters. The Balaban J connectivity index is 2.06. The van der Waals surface area contributed by atoms with Gasteiger partial charge in [0.25, 0.3) is 0 Å². The molecule has 2 rings (SSSR count). The molecule has 0 amide bonds. The van der Waals surface area contributed by atoms with Gasteiger partial charge >= 0.3 is 0 Å². The Kier molecular flexibility index (Phi) is 6.38. The second-order valence-corrected chi connectivity index (χ2v) is 6.88. The van der Waals surface area contributed by atoms with Gasteiger partial charge in [0, 0.05) is 36.8 Å². The molecule has 0 aromatic rings. The van der Waals surface area contributed by atoms with Gasteiger partial charge in [-0.3, -0.25) is 4.90 Å². The van der Waals surface area contributed by atoms with Gasteiger partial charge in [-0.1, -0.05) is 50.8 Å². The predicted octanol–water partition coefficient (Wildman–Crippen LogP) is 4.15. The van der Waals surface area contributed by atoms with Crippen molar-refractivity contribution >= 4 is 11.6 Å². The zero-order valence-corrected chi connectivity index (χ0v) is 14.0. The van der Waals surface area contributed by atoms with Crippen LogP contribution in [0.3, 0.4) is 0 Å². The van der Waals surface area contributed by atoms with Gasteiger partial charge in [0.1, 0.15) is 0 Å². The van der Waals surface area contributed by atoms with Crippen LogP contribution in [0.15, 0.2) is 11.6 Å². The fourth-order valence-electron chi connectivity index (χ4n) is 4.09. The van der Waals surface area contributed by atoms with Gasteiger partial charge < -0.3 is 5.32 Å². The maximum Gasteiger partial charge on any atom is 0.0304 e. The SMILES string of the molecule is CCC1(CC)CN(C/C=C/Cl)C(C2CCCCC2)CN1. The van der Waals surface area contributed by atoms with Crippen LogP contribution in [-0.4, -0.2) is 36.1 Å². The number of hydrogen-bond donors (Lipinski definition) is 1. The molecule has 1 unspecified atom stereocenters. The lowest BCUT2D eigenvalue weighted by Gasteiger charge is -2.50. The van der Waals surface area contributed by atoms with Gasteiger partial charge in [0.2, 0.25) is 0 Å². The minimum absolute atomic E-state index is 0.311. The van der Waals surface area contributed by atoms with Gasteiger partial charge in [-0.2, -0.15) is 0 Å². The summed E-state index contributed by atoms with van der Waals surface area (Å²) in [6, 6.07) is 0.703. The average molecular weight is 299 g/mol. The van der Waals surface area contributed by atoms with Crippen LogP contribution in [-0.2, 0) is 0 Å². The fourth-order valence-corrected chi connectivity index (χ4v) is 4.17. The lowest BCUT2D eigenvalue weighted by molar-refractivity contribution is 0.0411. The lowest BCUT2D eigenvalue weighted by Crippen LogP contribution is -2.65. The molecule has 0 spiro atoms. The van der Waals surface area contributed by atoms with E-state index < -0.39 is 0 Å². The van der Waals surface area contributed by atoms with Crippen LogP contribution in [0.1, 0.15) is 58.8 Å². The Labute approximate surface area is 129 Å². The molecule has 20 heavy (non-hydrogen) atoms. The van der Waals surface area contributed by atoms with Crippen LogP contribution in [0.4, 0.5) is 0 Å².